The minimum atomic E-state index is -0.552. The highest BCUT2D eigenvalue weighted by atomic mass is 16.2. The van der Waals surface area contributed by atoms with Crippen LogP contribution in [0.5, 0.6) is 0 Å². The molecule has 0 aliphatic carbocycles. The second-order valence-electron chi connectivity index (χ2n) is 4.76. The Labute approximate surface area is 131 Å². The lowest BCUT2D eigenvalue weighted by atomic mass is 10.1. The van der Waals surface area contributed by atoms with Crippen molar-refractivity contribution < 1.29 is 9.59 Å². The number of rotatable bonds is 4. The topological polar surface area (TPSA) is 103 Å². The molecule has 3 aromatic rings. The molecule has 3 rings (SSSR count). The Morgan fingerprint density at radius 3 is 2.65 bits per heavy atom. The third kappa shape index (κ3) is 3.08. The second-order valence-corrected chi connectivity index (χ2v) is 4.76. The Hall–Kier alpha value is -3.48. The molecular weight excluding hydrogens is 294 g/mol. The van der Waals surface area contributed by atoms with Crippen molar-refractivity contribution in [2.45, 2.75) is 0 Å². The van der Waals surface area contributed by atoms with Crippen molar-refractivity contribution in [3.63, 3.8) is 0 Å². The summed E-state index contributed by atoms with van der Waals surface area (Å²) in [5.74, 6) is -0.873. The summed E-state index contributed by atoms with van der Waals surface area (Å²) < 4.78 is 1.51. The van der Waals surface area contributed by atoms with E-state index in [9.17, 15) is 9.59 Å². The van der Waals surface area contributed by atoms with Gasteiger partial charge in [0.25, 0.3) is 5.91 Å². The summed E-state index contributed by atoms with van der Waals surface area (Å²) in [6.07, 6.45) is 3.19. The predicted molar refractivity (Wildman–Crippen MR) is 84.3 cm³/mol. The molecule has 0 saturated heterocycles. The van der Waals surface area contributed by atoms with Crippen LogP contribution in [0.25, 0.3) is 5.69 Å². The maximum absolute atomic E-state index is 12.5. The fourth-order valence-corrected chi connectivity index (χ4v) is 2.15. The average Bonchev–Trinajstić information content (AvgIpc) is 3.09. The number of carbonyl (C=O) groups excluding carboxylic acids is 2. The van der Waals surface area contributed by atoms with E-state index in [1.165, 1.54) is 16.9 Å². The van der Waals surface area contributed by atoms with Gasteiger partial charge >= 0.3 is 0 Å². The molecule has 7 heteroatoms. The average molecular weight is 307 g/mol. The molecule has 2 amide bonds. The molecule has 1 heterocycles. The van der Waals surface area contributed by atoms with Gasteiger partial charge in [0.1, 0.15) is 0 Å². The van der Waals surface area contributed by atoms with Gasteiger partial charge in [0.05, 0.1) is 23.6 Å². The number of hydrogen-bond acceptors (Lipinski definition) is 4. The molecular formula is C16H13N5O2. The molecule has 0 fully saturated rings. The Morgan fingerprint density at radius 1 is 1.09 bits per heavy atom. The third-order valence-corrected chi connectivity index (χ3v) is 3.22. The van der Waals surface area contributed by atoms with Crippen molar-refractivity contribution in [1.82, 2.24) is 15.0 Å². The molecule has 0 saturated carbocycles. The van der Waals surface area contributed by atoms with E-state index in [0.717, 1.165) is 0 Å². The maximum atomic E-state index is 12.5. The molecule has 2 aromatic carbocycles. The number of para-hydroxylation sites is 1. The molecule has 0 aliphatic rings. The van der Waals surface area contributed by atoms with Crippen LogP contribution in [0.4, 0.5) is 5.69 Å². The minimum absolute atomic E-state index is 0.322. The Morgan fingerprint density at radius 2 is 1.91 bits per heavy atom. The summed E-state index contributed by atoms with van der Waals surface area (Å²) in [6, 6.07) is 13.5. The summed E-state index contributed by atoms with van der Waals surface area (Å²) in [5.41, 5.74) is 7.09. The number of primary amides is 1. The molecule has 0 unspecified atom stereocenters. The van der Waals surface area contributed by atoms with Crippen molar-refractivity contribution in [3.05, 3.63) is 72.1 Å². The highest BCUT2D eigenvalue weighted by Gasteiger charge is 2.13. The van der Waals surface area contributed by atoms with Crippen LogP contribution in [0.2, 0.25) is 0 Å². The summed E-state index contributed by atoms with van der Waals surface area (Å²) in [7, 11) is 0. The van der Waals surface area contributed by atoms with Gasteiger partial charge in [-0.2, -0.15) is 0 Å². The fraction of sp³-hybridized carbons (Fsp3) is 0. The van der Waals surface area contributed by atoms with E-state index in [-0.39, 0.29) is 5.91 Å². The highest BCUT2D eigenvalue weighted by molar-refractivity contribution is 6.07. The minimum Gasteiger partial charge on any atom is -0.366 e. The van der Waals surface area contributed by atoms with Gasteiger partial charge in [-0.3, -0.25) is 9.59 Å². The van der Waals surface area contributed by atoms with Gasteiger partial charge in [-0.05, 0) is 30.3 Å². The number of benzene rings is 2. The van der Waals surface area contributed by atoms with Crippen LogP contribution >= 0.6 is 0 Å². The molecule has 1 aromatic heterocycles. The largest absolute Gasteiger partial charge is 0.366 e. The Balaban J connectivity index is 1.90. The van der Waals surface area contributed by atoms with Crippen LogP contribution in [0.3, 0.4) is 0 Å². The normalized spacial score (nSPS) is 10.3. The van der Waals surface area contributed by atoms with E-state index < -0.39 is 5.91 Å². The maximum Gasteiger partial charge on any atom is 0.257 e. The van der Waals surface area contributed by atoms with Crippen LogP contribution in [0.15, 0.2) is 60.9 Å². The van der Waals surface area contributed by atoms with Crippen molar-refractivity contribution in [1.29, 1.82) is 0 Å². The molecule has 114 valence electrons. The zero-order valence-corrected chi connectivity index (χ0v) is 12.0. The van der Waals surface area contributed by atoms with Gasteiger partial charge in [-0.15, -0.1) is 5.10 Å². The first-order chi connectivity index (χ1) is 11.1. The van der Waals surface area contributed by atoms with Crippen molar-refractivity contribution in [2.24, 2.45) is 5.73 Å². The van der Waals surface area contributed by atoms with Gasteiger partial charge in [-0.1, -0.05) is 23.4 Å². The molecule has 0 atom stereocenters. The third-order valence-electron chi connectivity index (χ3n) is 3.22. The quantitative estimate of drug-likeness (QED) is 0.764. The SMILES string of the molecule is NC(=O)c1cccc(NC(=O)c2ccccc2-n2ccnn2)c1. The predicted octanol–water partition coefficient (Wildman–Crippen LogP) is 1.62. The second kappa shape index (κ2) is 6.10. The highest BCUT2D eigenvalue weighted by Crippen LogP contribution is 2.16. The van der Waals surface area contributed by atoms with Crippen LogP contribution in [0, 0.1) is 0 Å². The number of amides is 2. The van der Waals surface area contributed by atoms with Crippen molar-refractivity contribution >= 4 is 17.5 Å². The van der Waals surface area contributed by atoms with Crippen LogP contribution in [-0.2, 0) is 0 Å². The fourth-order valence-electron chi connectivity index (χ4n) is 2.15. The zero-order chi connectivity index (χ0) is 16.2. The van der Waals surface area contributed by atoms with E-state index in [4.69, 9.17) is 5.73 Å². The molecule has 7 nitrogen and oxygen atoms in total. The lowest BCUT2D eigenvalue weighted by Crippen LogP contribution is -2.16. The standard InChI is InChI=1S/C16H13N5O2/c17-15(22)11-4-3-5-12(10-11)19-16(23)13-6-1-2-7-14(13)21-9-8-18-20-21/h1-10H,(H2,17,22)(H,19,23). The summed E-state index contributed by atoms with van der Waals surface area (Å²) >= 11 is 0. The van der Waals surface area contributed by atoms with Gasteiger partial charge in [0.15, 0.2) is 0 Å². The number of nitrogens with one attached hydrogen (secondary N) is 1. The van der Waals surface area contributed by atoms with Gasteiger partial charge in [-0.25, -0.2) is 4.68 Å². The van der Waals surface area contributed by atoms with E-state index in [0.29, 0.717) is 22.5 Å². The van der Waals surface area contributed by atoms with Crippen molar-refractivity contribution in [2.75, 3.05) is 5.32 Å². The van der Waals surface area contributed by atoms with Gasteiger partial charge in [0, 0.05) is 11.3 Å². The summed E-state index contributed by atoms with van der Waals surface area (Å²) in [4.78, 5) is 23.7. The molecule has 0 spiro atoms. The van der Waals surface area contributed by atoms with E-state index >= 15 is 0 Å². The molecule has 23 heavy (non-hydrogen) atoms. The van der Waals surface area contributed by atoms with Crippen LogP contribution in [-0.4, -0.2) is 26.8 Å². The smallest absolute Gasteiger partial charge is 0.257 e. The Bertz CT molecular complexity index is 858. The molecule has 0 bridgehead atoms. The summed E-state index contributed by atoms with van der Waals surface area (Å²) in [6.45, 7) is 0. The van der Waals surface area contributed by atoms with E-state index in [1.807, 2.05) is 6.07 Å². The van der Waals surface area contributed by atoms with Crippen LogP contribution < -0.4 is 11.1 Å². The number of carbonyl (C=O) groups is 2. The molecule has 3 N–H and O–H groups in total. The number of hydrogen-bond donors (Lipinski definition) is 2. The number of nitrogens with two attached hydrogens (primary N) is 1. The number of aromatic nitrogens is 3. The monoisotopic (exact) mass is 307 g/mol. The van der Waals surface area contributed by atoms with E-state index in [2.05, 4.69) is 15.6 Å². The lowest BCUT2D eigenvalue weighted by molar-refractivity contribution is 0.0996. The number of anilines is 1. The lowest BCUT2D eigenvalue weighted by Gasteiger charge is -2.10. The molecule has 0 aliphatic heterocycles. The van der Waals surface area contributed by atoms with Gasteiger partial charge in [0.2, 0.25) is 5.91 Å². The van der Waals surface area contributed by atoms with Crippen LogP contribution in [0.1, 0.15) is 20.7 Å². The first-order valence-electron chi connectivity index (χ1n) is 6.82. The van der Waals surface area contributed by atoms with Crippen molar-refractivity contribution in [3.8, 4) is 5.69 Å². The first-order valence-corrected chi connectivity index (χ1v) is 6.82. The van der Waals surface area contributed by atoms with E-state index in [1.54, 1.807) is 42.6 Å². The van der Waals surface area contributed by atoms with Gasteiger partial charge < -0.3 is 11.1 Å². The zero-order valence-electron chi connectivity index (χ0n) is 12.0. The molecule has 0 radical (unpaired) electrons. The Kier molecular flexibility index (Phi) is 3.84. The first kappa shape index (κ1) is 14.5. The number of nitrogens with zero attached hydrogens (tertiary/aromatic N) is 3. The summed E-state index contributed by atoms with van der Waals surface area (Å²) in [5, 5.41) is 10.4.